The molecule has 176 valence electrons. The number of halogens is 2. The Balaban J connectivity index is 1.56. The first-order chi connectivity index (χ1) is 15.9. The molecule has 2 fully saturated rings. The monoisotopic (exact) mass is 474 g/mol. The second-order valence-corrected chi connectivity index (χ2v) is 9.43. The molecule has 4 heterocycles. The minimum Gasteiger partial charge on any atom is -0.389 e. The average molecular weight is 475 g/mol. The van der Waals surface area contributed by atoms with E-state index < -0.39 is 11.9 Å². The molecule has 0 spiro atoms. The third-order valence-electron chi connectivity index (χ3n) is 6.38. The minimum atomic E-state index is -0.654. The Morgan fingerprint density at radius 1 is 1.30 bits per heavy atom. The van der Waals surface area contributed by atoms with Crippen molar-refractivity contribution in [3.05, 3.63) is 35.0 Å². The van der Waals surface area contributed by atoms with Gasteiger partial charge in [0.15, 0.2) is 5.82 Å². The van der Waals surface area contributed by atoms with Gasteiger partial charge in [-0.15, -0.1) is 0 Å². The molecule has 3 aromatic rings. The van der Waals surface area contributed by atoms with Crippen LogP contribution in [0.2, 0.25) is 5.02 Å². The van der Waals surface area contributed by atoms with Gasteiger partial charge in [0, 0.05) is 30.7 Å². The van der Waals surface area contributed by atoms with Crippen molar-refractivity contribution < 1.29 is 14.2 Å². The lowest BCUT2D eigenvalue weighted by Gasteiger charge is -2.28. The molecule has 8 nitrogen and oxygen atoms in total. The number of aliphatic hydroxyl groups is 1. The van der Waals surface area contributed by atoms with Gasteiger partial charge in [0.1, 0.15) is 11.3 Å². The van der Waals surface area contributed by atoms with Gasteiger partial charge in [-0.25, -0.2) is 19.3 Å². The molecule has 0 radical (unpaired) electrons. The van der Waals surface area contributed by atoms with Gasteiger partial charge in [0.2, 0.25) is 5.95 Å². The Kier molecular flexibility index (Phi) is 6.22. The molecule has 2 aromatic heterocycles. The zero-order chi connectivity index (χ0) is 23.1. The largest absolute Gasteiger partial charge is 0.389 e. The molecule has 0 unspecified atom stereocenters. The third-order valence-corrected chi connectivity index (χ3v) is 6.65. The van der Waals surface area contributed by atoms with E-state index >= 15 is 4.39 Å². The Morgan fingerprint density at radius 2 is 2.15 bits per heavy atom. The minimum absolute atomic E-state index is 0.119. The fraction of sp³-hybridized carbons (Fsp3) is 0.522. The molecule has 3 atom stereocenters. The van der Waals surface area contributed by atoms with Crippen LogP contribution in [-0.4, -0.2) is 63.1 Å². The molecule has 2 aliphatic heterocycles. The maximum atomic E-state index is 15.3. The Morgan fingerprint density at radius 3 is 2.88 bits per heavy atom. The first-order valence-corrected chi connectivity index (χ1v) is 11.8. The van der Waals surface area contributed by atoms with Gasteiger partial charge < -0.3 is 25.0 Å². The standard InChI is InChI=1S/C23H28ClFN6O2/c1-12(2)31-18-8-14(7-16(25)21(18)29-22(31)13-3-5-26-9-13)20-15(24)10-27-23(30-20)28-17-4-6-33-11-19(17)32/h7-8,10,12-13,17,19,26,32H,3-6,9,11H2,1-2H3,(H,27,28,30)/t13-,17-,19-/m1/s1. The lowest BCUT2D eigenvalue weighted by Crippen LogP contribution is -2.42. The van der Waals surface area contributed by atoms with Crippen LogP contribution in [-0.2, 0) is 4.74 Å². The SMILES string of the molecule is CC(C)n1c([C@@H]2CCNC2)nc2c(F)cc(-c3nc(N[C@@H]4CCOC[C@H]4O)ncc3Cl)cc21. The molecule has 10 heteroatoms. The van der Waals surface area contributed by atoms with Crippen molar-refractivity contribution in [2.45, 2.75) is 50.8 Å². The van der Waals surface area contributed by atoms with Crippen molar-refractivity contribution >= 4 is 28.6 Å². The second-order valence-electron chi connectivity index (χ2n) is 9.02. The predicted octanol–water partition coefficient (Wildman–Crippen LogP) is 3.51. The van der Waals surface area contributed by atoms with E-state index in [1.165, 1.54) is 12.3 Å². The van der Waals surface area contributed by atoms with E-state index in [0.717, 1.165) is 30.9 Å². The van der Waals surface area contributed by atoms with E-state index in [9.17, 15) is 5.11 Å². The van der Waals surface area contributed by atoms with E-state index in [1.54, 1.807) is 0 Å². The molecule has 2 saturated heterocycles. The summed E-state index contributed by atoms with van der Waals surface area (Å²) in [6.07, 6.45) is 2.46. The lowest BCUT2D eigenvalue weighted by molar-refractivity contribution is -0.0136. The Hall–Kier alpha value is -2.33. The van der Waals surface area contributed by atoms with Crippen LogP contribution < -0.4 is 10.6 Å². The van der Waals surface area contributed by atoms with Crippen molar-refractivity contribution in [2.24, 2.45) is 0 Å². The summed E-state index contributed by atoms with van der Waals surface area (Å²) in [5.74, 6) is 1.09. The average Bonchev–Trinajstić information content (AvgIpc) is 3.44. The van der Waals surface area contributed by atoms with Crippen LogP contribution in [0.4, 0.5) is 10.3 Å². The zero-order valence-electron chi connectivity index (χ0n) is 18.7. The maximum absolute atomic E-state index is 15.3. The molecule has 33 heavy (non-hydrogen) atoms. The van der Waals surface area contributed by atoms with Gasteiger partial charge in [-0.1, -0.05) is 11.6 Å². The summed E-state index contributed by atoms with van der Waals surface area (Å²) in [6.45, 7) is 6.75. The number of nitrogens with zero attached hydrogens (tertiary/aromatic N) is 4. The number of ether oxygens (including phenoxy) is 1. The van der Waals surface area contributed by atoms with Crippen LogP contribution in [0.1, 0.15) is 44.5 Å². The fourth-order valence-corrected chi connectivity index (χ4v) is 4.91. The van der Waals surface area contributed by atoms with E-state index in [2.05, 4.69) is 39.0 Å². The number of fused-ring (bicyclic) bond motifs is 1. The van der Waals surface area contributed by atoms with Crippen LogP contribution in [0, 0.1) is 5.82 Å². The highest BCUT2D eigenvalue weighted by Gasteiger charge is 2.27. The number of hydrogen-bond acceptors (Lipinski definition) is 7. The lowest BCUT2D eigenvalue weighted by atomic mass is 10.1. The molecular weight excluding hydrogens is 447 g/mol. The van der Waals surface area contributed by atoms with Crippen LogP contribution in [0.5, 0.6) is 0 Å². The van der Waals surface area contributed by atoms with Crippen molar-refractivity contribution in [1.29, 1.82) is 0 Å². The zero-order valence-corrected chi connectivity index (χ0v) is 19.4. The number of aromatic nitrogens is 4. The number of rotatable bonds is 5. The molecule has 0 saturated carbocycles. The highest BCUT2D eigenvalue weighted by molar-refractivity contribution is 6.33. The normalized spacial score (nSPS) is 23.5. The maximum Gasteiger partial charge on any atom is 0.223 e. The fourth-order valence-electron chi connectivity index (χ4n) is 4.71. The quantitative estimate of drug-likeness (QED) is 0.520. The van der Waals surface area contributed by atoms with Crippen LogP contribution in [0.25, 0.3) is 22.3 Å². The van der Waals surface area contributed by atoms with E-state index in [0.29, 0.717) is 40.8 Å². The summed E-state index contributed by atoms with van der Waals surface area (Å²) in [6, 6.07) is 3.22. The number of nitrogens with one attached hydrogen (secondary N) is 2. The van der Waals surface area contributed by atoms with Gasteiger partial charge in [0.05, 0.1) is 41.2 Å². The molecule has 0 bridgehead atoms. The highest BCUT2D eigenvalue weighted by Crippen LogP contribution is 2.35. The molecular formula is C23H28ClFN6O2. The molecule has 1 aromatic carbocycles. The Bertz CT molecular complexity index is 1160. The van der Waals surface area contributed by atoms with Gasteiger partial charge in [-0.05, 0) is 45.4 Å². The van der Waals surface area contributed by atoms with Gasteiger partial charge in [-0.3, -0.25) is 0 Å². The smallest absolute Gasteiger partial charge is 0.223 e. The summed E-state index contributed by atoms with van der Waals surface area (Å²) in [5.41, 5.74) is 2.08. The predicted molar refractivity (Wildman–Crippen MR) is 125 cm³/mol. The van der Waals surface area contributed by atoms with Gasteiger partial charge in [0.25, 0.3) is 0 Å². The molecule has 2 aliphatic rings. The molecule has 0 aliphatic carbocycles. The van der Waals surface area contributed by atoms with Gasteiger partial charge in [-0.2, -0.15) is 0 Å². The third kappa shape index (κ3) is 4.30. The van der Waals surface area contributed by atoms with Crippen molar-refractivity contribution in [3.8, 4) is 11.3 Å². The first kappa shape index (κ1) is 22.5. The first-order valence-electron chi connectivity index (χ1n) is 11.4. The summed E-state index contributed by atoms with van der Waals surface area (Å²) in [7, 11) is 0. The Labute approximate surface area is 196 Å². The number of anilines is 1. The van der Waals surface area contributed by atoms with E-state index in [1.807, 2.05) is 6.07 Å². The topological polar surface area (TPSA) is 97.1 Å². The second kappa shape index (κ2) is 9.13. The molecule has 5 rings (SSSR count). The van der Waals surface area contributed by atoms with Crippen LogP contribution >= 0.6 is 11.6 Å². The van der Waals surface area contributed by atoms with Crippen molar-refractivity contribution in [1.82, 2.24) is 24.8 Å². The van der Waals surface area contributed by atoms with E-state index in [-0.39, 0.29) is 24.6 Å². The number of hydrogen-bond donors (Lipinski definition) is 3. The summed E-state index contributed by atoms with van der Waals surface area (Å²) >= 11 is 6.44. The number of benzene rings is 1. The number of aliphatic hydroxyl groups excluding tert-OH is 1. The van der Waals surface area contributed by atoms with Crippen LogP contribution in [0.3, 0.4) is 0 Å². The van der Waals surface area contributed by atoms with Crippen LogP contribution in [0.15, 0.2) is 18.3 Å². The molecule has 3 N–H and O–H groups in total. The van der Waals surface area contributed by atoms with Crippen molar-refractivity contribution in [3.63, 3.8) is 0 Å². The number of imidazole rings is 1. The van der Waals surface area contributed by atoms with Gasteiger partial charge >= 0.3 is 0 Å². The molecule has 0 amide bonds. The summed E-state index contributed by atoms with van der Waals surface area (Å²) in [4.78, 5) is 13.5. The van der Waals surface area contributed by atoms with E-state index in [4.69, 9.17) is 21.3 Å². The highest BCUT2D eigenvalue weighted by atomic mass is 35.5. The summed E-state index contributed by atoms with van der Waals surface area (Å²) < 4.78 is 22.7. The van der Waals surface area contributed by atoms with Crippen molar-refractivity contribution in [2.75, 3.05) is 31.6 Å². The summed E-state index contributed by atoms with van der Waals surface area (Å²) in [5, 5.41) is 17.0.